The van der Waals surface area contributed by atoms with Gasteiger partial charge in [0.15, 0.2) is 0 Å². The largest absolute Gasteiger partial charge is 0.467 e. The summed E-state index contributed by atoms with van der Waals surface area (Å²) in [4.78, 5) is 31.3. The molecule has 7 nitrogen and oxygen atoms in total. The lowest BCUT2D eigenvalue weighted by atomic mass is 10.0. The number of nitrogens with one attached hydrogen (secondary N) is 3. The molecule has 2 heterocycles. The molecule has 0 fully saturated rings. The molecule has 0 bridgehead atoms. The Morgan fingerprint density at radius 2 is 1.69 bits per heavy atom. The summed E-state index contributed by atoms with van der Waals surface area (Å²) in [5, 5.41) is 4.33. The van der Waals surface area contributed by atoms with Crippen LogP contribution in [0.2, 0.25) is 0 Å². The van der Waals surface area contributed by atoms with E-state index in [1.165, 1.54) is 19.2 Å². The van der Waals surface area contributed by atoms with Gasteiger partial charge in [0.25, 0.3) is 0 Å². The van der Waals surface area contributed by atoms with Gasteiger partial charge in [-0.1, -0.05) is 18.2 Å². The Labute approximate surface area is 189 Å². The SMILES string of the molecule is COC(=O)C(Cc1c[nH]c2ccc(F)cc12)NC(=O)C(N)Cc1c[nH]c2ccccc12.Cl. The van der Waals surface area contributed by atoms with Gasteiger partial charge in [0, 0.05) is 40.6 Å². The standard InChI is InChI=1S/C23H23FN4O3.ClH/c1-31-23(30)21(9-14-12-27-20-7-6-15(24)10-17(14)20)28-22(29)18(25)8-13-11-26-19-5-3-2-4-16(13)19;/h2-7,10-12,18,21,26-27H,8-9,25H2,1H3,(H,28,29);1H. The number of methoxy groups -OCH3 is 1. The molecule has 4 rings (SSSR count). The van der Waals surface area contributed by atoms with Crippen molar-refractivity contribution in [1.82, 2.24) is 15.3 Å². The number of aromatic amines is 2. The highest BCUT2D eigenvalue weighted by Crippen LogP contribution is 2.22. The van der Waals surface area contributed by atoms with Crippen molar-refractivity contribution in [3.05, 3.63) is 71.8 Å². The Balaban J connectivity index is 0.00000289. The van der Waals surface area contributed by atoms with Crippen LogP contribution in [0, 0.1) is 5.82 Å². The first-order valence-electron chi connectivity index (χ1n) is 9.90. The third kappa shape index (κ3) is 4.76. The summed E-state index contributed by atoms with van der Waals surface area (Å²) < 4.78 is 18.5. The van der Waals surface area contributed by atoms with Crippen LogP contribution in [0.1, 0.15) is 11.1 Å². The van der Waals surface area contributed by atoms with Gasteiger partial charge in [-0.15, -0.1) is 12.4 Å². The maximum Gasteiger partial charge on any atom is 0.328 e. The molecule has 0 aliphatic carbocycles. The molecule has 2 atom stereocenters. The van der Waals surface area contributed by atoms with E-state index in [9.17, 15) is 14.0 Å². The number of aromatic nitrogens is 2. The average Bonchev–Trinajstić information content (AvgIpc) is 3.36. The first-order chi connectivity index (χ1) is 15.0. The molecule has 168 valence electrons. The van der Waals surface area contributed by atoms with Crippen molar-refractivity contribution >= 4 is 46.1 Å². The Bertz CT molecular complexity index is 1250. The minimum absolute atomic E-state index is 0. The summed E-state index contributed by atoms with van der Waals surface area (Å²) in [6, 6.07) is 10.3. The number of rotatable bonds is 7. The summed E-state index contributed by atoms with van der Waals surface area (Å²) in [5.41, 5.74) is 9.45. The van der Waals surface area contributed by atoms with Gasteiger partial charge in [-0.25, -0.2) is 9.18 Å². The number of halogens is 2. The van der Waals surface area contributed by atoms with Crippen LogP contribution in [0.25, 0.3) is 21.8 Å². The second kappa shape index (κ2) is 9.84. The van der Waals surface area contributed by atoms with Gasteiger partial charge in [-0.05, 0) is 41.8 Å². The molecule has 2 aromatic carbocycles. The van der Waals surface area contributed by atoms with Crippen molar-refractivity contribution in [1.29, 1.82) is 0 Å². The lowest BCUT2D eigenvalue weighted by molar-refractivity contribution is -0.145. The molecule has 2 unspecified atom stereocenters. The summed E-state index contributed by atoms with van der Waals surface area (Å²) in [6.07, 6.45) is 3.97. The molecule has 0 aliphatic heterocycles. The molecule has 9 heteroatoms. The number of para-hydroxylation sites is 1. The molecule has 2 aromatic heterocycles. The van der Waals surface area contributed by atoms with Crippen molar-refractivity contribution < 1.29 is 18.7 Å². The molecule has 1 amide bonds. The minimum Gasteiger partial charge on any atom is -0.467 e. The predicted molar refractivity (Wildman–Crippen MR) is 123 cm³/mol. The number of fused-ring (bicyclic) bond motifs is 2. The number of hydrogen-bond donors (Lipinski definition) is 4. The number of esters is 1. The average molecular weight is 459 g/mol. The topological polar surface area (TPSA) is 113 Å². The molecular formula is C23H24ClFN4O3. The monoisotopic (exact) mass is 458 g/mol. The van der Waals surface area contributed by atoms with Crippen LogP contribution >= 0.6 is 12.4 Å². The normalized spacial score (nSPS) is 12.8. The highest BCUT2D eigenvalue weighted by Gasteiger charge is 2.26. The Hall–Kier alpha value is -3.36. The summed E-state index contributed by atoms with van der Waals surface area (Å²) in [7, 11) is 1.25. The number of carbonyl (C=O) groups excluding carboxylic acids is 2. The van der Waals surface area contributed by atoms with Gasteiger partial charge in [0.2, 0.25) is 5.91 Å². The third-order valence-electron chi connectivity index (χ3n) is 5.41. The molecular weight excluding hydrogens is 435 g/mol. The maximum atomic E-state index is 13.7. The predicted octanol–water partition coefficient (Wildman–Crippen LogP) is 2.98. The quantitative estimate of drug-likeness (QED) is 0.319. The molecule has 0 saturated heterocycles. The summed E-state index contributed by atoms with van der Waals surface area (Å²) in [5.74, 6) is -1.45. The number of benzene rings is 2. The van der Waals surface area contributed by atoms with Gasteiger partial charge in [0.1, 0.15) is 11.9 Å². The fraction of sp³-hybridized carbons (Fsp3) is 0.217. The van der Waals surface area contributed by atoms with E-state index in [1.807, 2.05) is 30.5 Å². The fourth-order valence-corrected chi connectivity index (χ4v) is 3.78. The Morgan fingerprint density at radius 1 is 1.03 bits per heavy atom. The molecule has 5 N–H and O–H groups in total. The molecule has 0 aliphatic rings. The zero-order valence-corrected chi connectivity index (χ0v) is 18.2. The molecule has 0 radical (unpaired) electrons. The van der Waals surface area contributed by atoms with E-state index in [-0.39, 0.29) is 24.6 Å². The zero-order chi connectivity index (χ0) is 22.0. The molecule has 4 aromatic rings. The molecule has 0 saturated carbocycles. The van der Waals surface area contributed by atoms with Crippen LogP contribution in [0.5, 0.6) is 0 Å². The number of nitrogens with two attached hydrogens (primary N) is 1. The summed E-state index contributed by atoms with van der Waals surface area (Å²) >= 11 is 0. The van der Waals surface area contributed by atoms with Crippen molar-refractivity contribution in [2.75, 3.05) is 7.11 Å². The van der Waals surface area contributed by atoms with Gasteiger partial charge in [0.05, 0.1) is 13.2 Å². The van der Waals surface area contributed by atoms with Crippen molar-refractivity contribution in [2.45, 2.75) is 24.9 Å². The first kappa shape index (κ1) is 23.3. The van der Waals surface area contributed by atoms with Crippen LogP contribution in [0.3, 0.4) is 0 Å². The van der Waals surface area contributed by atoms with E-state index in [1.54, 1.807) is 12.3 Å². The van der Waals surface area contributed by atoms with Crippen LogP contribution < -0.4 is 11.1 Å². The van der Waals surface area contributed by atoms with E-state index in [2.05, 4.69) is 15.3 Å². The van der Waals surface area contributed by atoms with Crippen LogP contribution in [0.4, 0.5) is 4.39 Å². The highest BCUT2D eigenvalue weighted by atomic mass is 35.5. The van der Waals surface area contributed by atoms with E-state index >= 15 is 0 Å². The van der Waals surface area contributed by atoms with Gasteiger partial charge in [-0.3, -0.25) is 4.79 Å². The van der Waals surface area contributed by atoms with Crippen molar-refractivity contribution in [3.8, 4) is 0 Å². The van der Waals surface area contributed by atoms with Gasteiger partial charge in [-0.2, -0.15) is 0 Å². The van der Waals surface area contributed by atoms with E-state index < -0.39 is 24.0 Å². The highest BCUT2D eigenvalue weighted by molar-refractivity contribution is 5.90. The smallest absolute Gasteiger partial charge is 0.328 e. The van der Waals surface area contributed by atoms with E-state index in [0.717, 1.165) is 22.0 Å². The molecule has 0 spiro atoms. The number of hydrogen-bond acceptors (Lipinski definition) is 4. The van der Waals surface area contributed by atoms with Crippen LogP contribution in [0.15, 0.2) is 54.9 Å². The van der Waals surface area contributed by atoms with Gasteiger partial charge < -0.3 is 25.8 Å². The number of H-pyrrole nitrogens is 2. The third-order valence-corrected chi connectivity index (χ3v) is 5.41. The molecule has 32 heavy (non-hydrogen) atoms. The van der Waals surface area contributed by atoms with Crippen molar-refractivity contribution in [3.63, 3.8) is 0 Å². The second-order valence-electron chi connectivity index (χ2n) is 7.46. The number of amides is 1. The lowest BCUT2D eigenvalue weighted by Gasteiger charge is -2.19. The lowest BCUT2D eigenvalue weighted by Crippen LogP contribution is -2.50. The zero-order valence-electron chi connectivity index (χ0n) is 17.4. The minimum atomic E-state index is -0.950. The summed E-state index contributed by atoms with van der Waals surface area (Å²) in [6.45, 7) is 0. The van der Waals surface area contributed by atoms with E-state index in [4.69, 9.17) is 10.5 Å². The second-order valence-corrected chi connectivity index (χ2v) is 7.46. The van der Waals surface area contributed by atoms with Crippen molar-refractivity contribution in [2.24, 2.45) is 5.73 Å². The van der Waals surface area contributed by atoms with Crippen LogP contribution in [-0.4, -0.2) is 41.0 Å². The van der Waals surface area contributed by atoms with Gasteiger partial charge >= 0.3 is 5.97 Å². The van der Waals surface area contributed by atoms with E-state index in [0.29, 0.717) is 17.4 Å². The fourth-order valence-electron chi connectivity index (χ4n) is 3.78. The number of carbonyl (C=O) groups is 2. The number of ether oxygens (including phenoxy) is 1. The first-order valence-corrected chi connectivity index (χ1v) is 9.90. The van der Waals surface area contributed by atoms with Crippen LogP contribution in [-0.2, 0) is 27.2 Å². The Kier molecular flexibility index (Phi) is 7.17. The Morgan fingerprint density at radius 3 is 2.41 bits per heavy atom. The maximum absolute atomic E-state index is 13.7.